The third-order valence-corrected chi connectivity index (χ3v) is 7.86. The van der Waals surface area contributed by atoms with Gasteiger partial charge in [0.05, 0.1) is 18.3 Å². The Morgan fingerprint density at radius 1 is 1.21 bits per heavy atom. The Morgan fingerprint density at radius 2 is 1.96 bits per heavy atom. The third kappa shape index (κ3) is 3.46. The van der Waals surface area contributed by atoms with Gasteiger partial charge in [-0.25, -0.2) is 4.79 Å². The van der Waals surface area contributed by atoms with Crippen molar-refractivity contribution in [2.24, 2.45) is 22.7 Å². The van der Waals surface area contributed by atoms with E-state index in [2.05, 4.69) is 20.4 Å². The van der Waals surface area contributed by atoms with Gasteiger partial charge in [0, 0.05) is 26.7 Å². The molecule has 2 saturated carbocycles. The molecule has 0 aromatic heterocycles. The molecular weight excluding hydrogens is 356 g/mol. The van der Waals surface area contributed by atoms with E-state index in [1.54, 1.807) is 14.2 Å². The molecule has 5 heteroatoms. The minimum Gasteiger partial charge on any atom is -0.459 e. The first kappa shape index (κ1) is 21.5. The second kappa shape index (κ2) is 8.29. The second-order valence-corrected chi connectivity index (χ2v) is 9.23. The van der Waals surface area contributed by atoms with Crippen molar-refractivity contribution in [2.75, 3.05) is 34.5 Å². The summed E-state index contributed by atoms with van der Waals surface area (Å²) in [7, 11) is 5.23. The van der Waals surface area contributed by atoms with Crippen molar-refractivity contribution in [2.45, 2.75) is 58.2 Å². The number of ether oxygens (including phenoxy) is 4. The molecule has 1 aliphatic heterocycles. The summed E-state index contributed by atoms with van der Waals surface area (Å²) in [5.41, 5.74) is 2.04. The van der Waals surface area contributed by atoms with Crippen molar-refractivity contribution in [3.8, 4) is 0 Å². The summed E-state index contributed by atoms with van der Waals surface area (Å²) in [5.74, 6) is 0.572. The zero-order valence-electron chi connectivity index (χ0n) is 18.1. The summed E-state index contributed by atoms with van der Waals surface area (Å²) >= 11 is 0. The number of carbonyl (C=O) groups is 1. The van der Waals surface area contributed by atoms with Crippen molar-refractivity contribution in [3.05, 3.63) is 23.8 Å². The summed E-state index contributed by atoms with van der Waals surface area (Å²) in [6, 6.07) is 0. The van der Waals surface area contributed by atoms with Crippen LogP contribution in [0.5, 0.6) is 0 Å². The molecule has 28 heavy (non-hydrogen) atoms. The average molecular weight is 393 g/mol. The van der Waals surface area contributed by atoms with E-state index in [4.69, 9.17) is 18.9 Å². The number of cyclic esters (lactones) is 1. The van der Waals surface area contributed by atoms with Crippen LogP contribution in [-0.2, 0) is 23.7 Å². The molecule has 3 fully saturated rings. The number of hydrogen-bond donors (Lipinski definition) is 0. The minimum atomic E-state index is -0.254. The van der Waals surface area contributed by atoms with Gasteiger partial charge < -0.3 is 18.9 Å². The van der Waals surface area contributed by atoms with E-state index in [1.165, 1.54) is 5.57 Å². The normalized spacial score (nSPS) is 42.5. The number of carbonyl (C=O) groups excluding carboxylic acids is 1. The SMILES string of the molecule is C=C1CCC2C(C)(CCC(OC)[C@@]2(C)COC)C1C/C=C1/C(=O)OCC1OC. The van der Waals surface area contributed by atoms with E-state index in [1.807, 2.05) is 13.2 Å². The standard InChI is InChI=1S/C23H36O5/c1-15-7-10-19-22(2,12-11-20(27-6)23(19,3)14-25-4)17(15)9-8-16-18(26-5)13-28-21(16)24/h8,17-20H,1,7,9-14H2,2-6H3/b16-8+/t17?,18?,19?,20?,22?,23-/m0/s1. The summed E-state index contributed by atoms with van der Waals surface area (Å²) in [6.45, 7) is 10.2. The van der Waals surface area contributed by atoms with E-state index in [9.17, 15) is 4.79 Å². The van der Waals surface area contributed by atoms with Crippen molar-refractivity contribution in [3.63, 3.8) is 0 Å². The molecule has 5 unspecified atom stereocenters. The molecule has 0 N–H and O–H groups in total. The third-order valence-electron chi connectivity index (χ3n) is 7.86. The Kier molecular flexibility index (Phi) is 6.38. The van der Waals surface area contributed by atoms with Crippen LogP contribution in [0.25, 0.3) is 0 Å². The van der Waals surface area contributed by atoms with E-state index >= 15 is 0 Å². The summed E-state index contributed by atoms with van der Waals surface area (Å²) < 4.78 is 22.2. The van der Waals surface area contributed by atoms with Crippen LogP contribution in [0.1, 0.15) is 46.0 Å². The van der Waals surface area contributed by atoms with E-state index in [-0.39, 0.29) is 29.0 Å². The first-order valence-corrected chi connectivity index (χ1v) is 10.4. The molecule has 3 aliphatic rings. The van der Waals surface area contributed by atoms with Crippen molar-refractivity contribution >= 4 is 5.97 Å². The van der Waals surface area contributed by atoms with Crippen molar-refractivity contribution in [1.82, 2.24) is 0 Å². The Balaban J connectivity index is 1.90. The monoisotopic (exact) mass is 392 g/mol. The second-order valence-electron chi connectivity index (χ2n) is 9.23. The molecule has 0 bridgehead atoms. The number of rotatable bonds is 6. The van der Waals surface area contributed by atoms with Crippen LogP contribution < -0.4 is 0 Å². The lowest BCUT2D eigenvalue weighted by atomic mass is 9.46. The van der Waals surface area contributed by atoms with E-state index in [0.717, 1.165) is 32.1 Å². The molecule has 1 saturated heterocycles. The van der Waals surface area contributed by atoms with Crippen LogP contribution in [0.2, 0.25) is 0 Å². The Hall–Kier alpha value is -1.17. The highest BCUT2D eigenvalue weighted by Gasteiger charge is 2.58. The van der Waals surface area contributed by atoms with Gasteiger partial charge in [0.15, 0.2) is 0 Å². The average Bonchev–Trinajstić information content (AvgIpc) is 3.01. The maximum Gasteiger partial charge on any atom is 0.336 e. The molecular formula is C23H36O5. The zero-order valence-corrected chi connectivity index (χ0v) is 18.1. The lowest BCUT2D eigenvalue weighted by Gasteiger charge is -2.60. The highest BCUT2D eigenvalue weighted by atomic mass is 16.6. The van der Waals surface area contributed by atoms with Gasteiger partial charge in [-0.2, -0.15) is 0 Å². The molecule has 0 radical (unpaired) electrons. The molecule has 0 spiro atoms. The Morgan fingerprint density at radius 3 is 2.61 bits per heavy atom. The van der Waals surface area contributed by atoms with Gasteiger partial charge in [0.25, 0.3) is 0 Å². The van der Waals surface area contributed by atoms with Crippen LogP contribution >= 0.6 is 0 Å². The van der Waals surface area contributed by atoms with Crippen LogP contribution in [-0.4, -0.2) is 52.7 Å². The fraction of sp³-hybridized carbons (Fsp3) is 0.783. The molecule has 0 aromatic carbocycles. The lowest BCUT2D eigenvalue weighted by molar-refractivity contribution is -0.166. The van der Waals surface area contributed by atoms with Crippen molar-refractivity contribution < 1.29 is 23.7 Å². The Labute approximate surface area is 169 Å². The van der Waals surface area contributed by atoms with Crippen LogP contribution in [0.15, 0.2) is 23.8 Å². The van der Waals surface area contributed by atoms with Gasteiger partial charge in [-0.15, -0.1) is 0 Å². The molecule has 6 atom stereocenters. The number of allylic oxidation sites excluding steroid dienone is 2. The lowest BCUT2D eigenvalue weighted by Crippen LogP contribution is -2.58. The molecule has 5 nitrogen and oxygen atoms in total. The topological polar surface area (TPSA) is 54.0 Å². The minimum absolute atomic E-state index is 0.0239. The molecule has 3 rings (SSSR count). The highest BCUT2D eigenvalue weighted by Crippen LogP contribution is 2.62. The zero-order chi connectivity index (χ0) is 20.5. The maximum atomic E-state index is 12.1. The van der Waals surface area contributed by atoms with Gasteiger partial charge in [0.1, 0.15) is 12.7 Å². The Bertz CT molecular complexity index is 641. The fourth-order valence-electron chi connectivity index (χ4n) is 6.41. The largest absolute Gasteiger partial charge is 0.459 e. The predicted octanol–water partition coefficient (Wildman–Crippen LogP) is 3.92. The molecule has 0 aromatic rings. The van der Waals surface area contributed by atoms with E-state index < -0.39 is 0 Å². The van der Waals surface area contributed by atoms with Gasteiger partial charge in [-0.3, -0.25) is 0 Å². The van der Waals surface area contributed by atoms with Gasteiger partial charge >= 0.3 is 5.97 Å². The van der Waals surface area contributed by atoms with Crippen LogP contribution in [0.3, 0.4) is 0 Å². The smallest absolute Gasteiger partial charge is 0.336 e. The first-order chi connectivity index (χ1) is 13.3. The van der Waals surface area contributed by atoms with Gasteiger partial charge in [-0.05, 0) is 49.4 Å². The summed E-state index contributed by atoms with van der Waals surface area (Å²) in [5, 5.41) is 0. The number of esters is 1. The molecule has 2 aliphatic carbocycles. The van der Waals surface area contributed by atoms with E-state index in [0.29, 0.717) is 30.6 Å². The van der Waals surface area contributed by atoms with Gasteiger partial charge in [-0.1, -0.05) is 32.1 Å². The summed E-state index contributed by atoms with van der Waals surface area (Å²) in [4.78, 5) is 12.1. The summed E-state index contributed by atoms with van der Waals surface area (Å²) in [6.07, 6.45) is 7.05. The molecule has 1 heterocycles. The fourth-order valence-corrected chi connectivity index (χ4v) is 6.41. The van der Waals surface area contributed by atoms with Crippen molar-refractivity contribution in [1.29, 1.82) is 0 Å². The van der Waals surface area contributed by atoms with Gasteiger partial charge in [0.2, 0.25) is 0 Å². The predicted molar refractivity (Wildman–Crippen MR) is 108 cm³/mol. The molecule has 158 valence electrons. The number of hydrogen-bond acceptors (Lipinski definition) is 5. The number of fused-ring (bicyclic) bond motifs is 1. The maximum absolute atomic E-state index is 12.1. The first-order valence-electron chi connectivity index (χ1n) is 10.4. The highest BCUT2D eigenvalue weighted by molar-refractivity contribution is 5.91. The quantitative estimate of drug-likeness (QED) is 0.389. The molecule has 0 amide bonds. The van der Waals surface area contributed by atoms with Crippen LogP contribution in [0, 0.1) is 22.7 Å². The number of methoxy groups -OCH3 is 3. The van der Waals surface area contributed by atoms with Crippen LogP contribution in [0.4, 0.5) is 0 Å².